The predicted octanol–water partition coefficient (Wildman–Crippen LogP) is 4.31. The lowest BCUT2D eigenvalue weighted by Gasteiger charge is -2.61. The van der Waals surface area contributed by atoms with Crippen LogP contribution in [0.2, 0.25) is 0 Å². The minimum absolute atomic E-state index is 0.418. The van der Waals surface area contributed by atoms with Crippen LogP contribution in [0.1, 0.15) is 24.0 Å². The van der Waals surface area contributed by atoms with E-state index in [9.17, 15) is 0 Å². The summed E-state index contributed by atoms with van der Waals surface area (Å²) in [7, 11) is 3.39. The summed E-state index contributed by atoms with van der Waals surface area (Å²) in [4.78, 5) is 11.6. The van der Waals surface area contributed by atoms with Crippen LogP contribution in [-0.4, -0.2) is 55.2 Å². The first-order valence-electron chi connectivity index (χ1n) is 12.1. The number of benzene rings is 2. The lowest BCUT2D eigenvalue weighted by Crippen LogP contribution is -2.71. The maximum absolute atomic E-state index is 6.58. The highest BCUT2D eigenvalue weighted by Gasteiger charge is 2.64. The highest BCUT2D eigenvalue weighted by atomic mass is 16.7. The summed E-state index contributed by atoms with van der Waals surface area (Å²) in [5.41, 5.74) is 2.61. The average molecular weight is 460 g/mol. The monoisotopic (exact) mass is 459 g/mol. The Morgan fingerprint density at radius 3 is 2.62 bits per heavy atom. The van der Waals surface area contributed by atoms with Crippen molar-refractivity contribution in [3.8, 4) is 11.5 Å². The van der Waals surface area contributed by atoms with E-state index in [-0.39, 0.29) is 0 Å². The highest BCUT2D eigenvalue weighted by molar-refractivity contribution is 6.02. The SMILES string of the molecule is COc1ccc(CN2C(c3ccc4occc4c3)=NOC23[C@@H]2CC4C[C@H]3CN(C4)C2)c(OC)c1. The predicted molar refractivity (Wildman–Crippen MR) is 128 cm³/mol. The van der Waals surface area contributed by atoms with Crippen molar-refractivity contribution in [2.75, 3.05) is 33.9 Å². The van der Waals surface area contributed by atoms with Crippen molar-refractivity contribution in [1.29, 1.82) is 0 Å². The minimum atomic E-state index is -0.418. The molecule has 5 heterocycles. The van der Waals surface area contributed by atoms with Crippen LogP contribution < -0.4 is 9.47 Å². The summed E-state index contributed by atoms with van der Waals surface area (Å²) >= 11 is 0. The van der Waals surface area contributed by atoms with Crippen molar-refractivity contribution in [2.45, 2.75) is 25.1 Å². The average Bonchev–Trinajstić information content (AvgIpc) is 3.47. The standard InChI is InChI=1S/C27H29N3O4/c1-31-23-5-3-20(25(12-23)32-2)14-30-26(19-4-6-24-18(11-19)7-8-33-24)28-34-27(30)21-9-17-10-22(27)16-29(13-17)15-21/h3-8,11-12,17,21-22H,9-10,13-16H2,1-2H3/t17?,21-,22+,27?. The van der Waals surface area contributed by atoms with E-state index in [1.54, 1.807) is 20.5 Å². The quantitative estimate of drug-likeness (QED) is 0.567. The van der Waals surface area contributed by atoms with Gasteiger partial charge in [-0.15, -0.1) is 0 Å². The smallest absolute Gasteiger partial charge is 0.219 e. The van der Waals surface area contributed by atoms with Crippen molar-refractivity contribution in [1.82, 2.24) is 9.80 Å². The van der Waals surface area contributed by atoms with Gasteiger partial charge < -0.3 is 28.5 Å². The second-order valence-corrected chi connectivity index (χ2v) is 10.1. The maximum atomic E-state index is 6.58. The normalized spacial score (nSPS) is 31.2. The number of fused-ring (bicyclic) bond motifs is 1. The zero-order valence-corrected chi connectivity index (χ0v) is 19.6. The molecule has 176 valence electrons. The highest BCUT2D eigenvalue weighted by Crippen LogP contribution is 2.55. The lowest BCUT2D eigenvalue weighted by atomic mass is 9.62. The molecular weight excluding hydrogens is 430 g/mol. The maximum Gasteiger partial charge on any atom is 0.219 e. The van der Waals surface area contributed by atoms with E-state index in [0.29, 0.717) is 18.4 Å². The molecule has 8 rings (SSSR count). The summed E-state index contributed by atoms with van der Waals surface area (Å²) in [5.74, 6) is 4.14. The number of hydrogen-bond acceptors (Lipinski definition) is 7. The first-order valence-corrected chi connectivity index (χ1v) is 12.1. The molecule has 34 heavy (non-hydrogen) atoms. The van der Waals surface area contributed by atoms with Crippen LogP contribution in [0.25, 0.3) is 11.0 Å². The molecule has 1 spiro atoms. The largest absolute Gasteiger partial charge is 0.497 e. The Kier molecular flexibility index (Phi) is 4.40. The van der Waals surface area contributed by atoms with E-state index < -0.39 is 5.72 Å². The van der Waals surface area contributed by atoms with E-state index in [1.165, 1.54) is 19.4 Å². The van der Waals surface area contributed by atoms with Gasteiger partial charge >= 0.3 is 0 Å². The van der Waals surface area contributed by atoms with Crippen LogP contribution in [0.15, 0.2) is 58.3 Å². The molecule has 4 aliphatic heterocycles. The Labute approximate surface area is 198 Å². The summed E-state index contributed by atoms with van der Waals surface area (Å²) < 4.78 is 16.8. The summed E-state index contributed by atoms with van der Waals surface area (Å²) in [5, 5.41) is 5.86. The Hall–Kier alpha value is -3.19. The molecule has 4 bridgehead atoms. The van der Waals surface area contributed by atoms with Gasteiger partial charge in [0.05, 0.1) is 27.0 Å². The summed E-state index contributed by atoms with van der Waals surface area (Å²) in [6.07, 6.45) is 4.13. The van der Waals surface area contributed by atoms with Gasteiger partial charge in [-0.2, -0.15) is 0 Å². The second-order valence-electron chi connectivity index (χ2n) is 10.1. The zero-order chi connectivity index (χ0) is 22.9. The molecule has 7 nitrogen and oxygen atoms in total. The van der Waals surface area contributed by atoms with Gasteiger partial charge in [0, 0.05) is 54.0 Å². The zero-order valence-electron chi connectivity index (χ0n) is 19.6. The number of piperidine rings is 3. The van der Waals surface area contributed by atoms with Gasteiger partial charge in [-0.3, -0.25) is 0 Å². The van der Waals surface area contributed by atoms with Crippen molar-refractivity contribution < 1.29 is 18.7 Å². The molecule has 3 saturated heterocycles. The molecule has 5 atom stereocenters. The van der Waals surface area contributed by atoms with E-state index in [2.05, 4.69) is 28.0 Å². The first kappa shape index (κ1) is 20.2. The minimum Gasteiger partial charge on any atom is -0.497 e. The van der Waals surface area contributed by atoms with E-state index in [0.717, 1.165) is 58.4 Å². The van der Waals surface area contributed by atoms with Gasteiger partial charge in [0.25, 0.3) is 0 Å². The molecule has 1 saturated carbocycles. The van der Waals surface area contributed by atoms with Gasteiger partial charge in [0.2, 0.25) is 5.72 Å². The lowest BCUT2D eigenvalue weighted by molar-refractivity contribution is -0.251. The molecule has 4 fully saturated rings. The number of hydrogen-bond donors (Lipinski definition) is 0. The Morgan fingerprint density at radius 1 is 1.00 bits per heavy atom. The molecular formula is C27H29N3O4. The van der Waals surface area contributed by atoms with Gasteiger partial charge in [0.15, 0.2) is 5.84 Å². The van der Waals surface area contributed by atoms with E-state index >= 15 is 0 Å². The third kappa shape index (κ3) is 2.83. The van der Waals surface area contributed by atoms with Crippen LogP contribution in [0.5, 0.6) is 11.5 Å². The molecule has 3 aromatic rings. The third-order valence-corrected chi connectivity index (χ3v) is 8.37. The van der Waals surface area contributed by atoms with Crippen molar-refractivity contribution >= 4 is 16.8 Å². The fourth-order valence-electron chi connectivity index (χ4n) is 6.98. The Balaban J connectivity index is 1.33. The molecule has 1 aromatic heterocycles. The van der Waals surface area contributed by atoms with Gasteiger partial charge in [-0.05, 0) is 55.2 Å². The molecule has 0 radical (unpaired) electrons. The topological polar surface area (TPSA) is 59.7 Å². The van der Waals surface area contributed by atoms with Gasteiger partial charge in [0.1, 0.15) is 17.1 Å². The Bertz CT molecular complexity index is 1250. The number of nitrogens with zero attached hydrogens (tertiary/aromatic N) is 3. The second kappa shape index (κ2) is 7.40. The molecule has 2 aromatic carbocycles. The molecule has 1 aliphatic carbocycles. The van der Waals surface area contributed by atoms with Crippen LogP contribution >= 0.6 is 0 Å². The number of methoxy groups -OCH3 is 2. The van der Waals surface area contributed by atoms with E-state index in [1.807, 2.05) is 24.3 Å². The first-order chi connectivity index (χ1) is 16.7. The molecule has 0 amide bonds. The number of oxime groups is 1. The number of furan rings is 1. The van der Waals surface area contributed by atoms with Crippen molar-refractivity contribution in [3.63, 3.8) is 0 Å². The van der Waals surface area contributed by atoms with Crippen LogP contribution in [0.3, 0.4) is 0 Å². The molecule has 7 heteroatoms. The van der Waals surface area contributed by atoms with Gasteiger partial charge in [-0.1, -0.05) is 5.16 Å². The fourth-order valence-corrected chi connectivity index (χ4v) is 6.98. The van der Waals surface area contributed by atoms with Crippen LogP contribution in [0, 0.1) is 17.8 Å². The fraction of sp³-hybridized carbons (Fsp3) is 0.444. The number of amidine groups is 1. The molecule has 3 unspecified atom stereocenters. The molecule has 5 aliphatic rings. The Morgan fingerprint density at radius 2 is 1.85 bits per heavy atom. The van der Waals surface area contributed by atoms with E-state index in [4.69, 9.17) is 23.9 Å². The van der Waals surface area contributed by atoms with Crippen molar-refractivity contribution in [2.24, 2.45) is 22.9 Å². The summed E-state index contributed by atoms with van der Waals surface area (Å²) in [6, 6.07) is 14.3. The summed E-state index contributed by atoms with van der Waals surface area (Å²) in [6.45, 7) is 4.05. The van der Waals surface area contributed by atoms with Crippen LogP contribution in [-0.2, 0) is 11.4 Å². The van der Waals surface area contributed by atoms with Gasteiger partial charge in [-0.25, -0.2) is 0 Å². The third-order valence-electron chi connectivity index (χ3n) is 8.37. The van der Waals surface area contributed by atoms with Crippen LogP contribution in [0.4, 0.5) is 0 Å². The van der Waals surface area contributed by atoms with Crippen molar-refractivity contribution in [3.05, 3.63) is 59.9 Å². The molecule has 0 N–H and O–H groups in total. The number of ether oxygens (including phenoxy) is 2. The number of rotatable bonds is 5.